The second-order valence-electron chi connectivity index (χ2n) is 5.49. The standard InChI is InChI=1S/C18H20ClFN2O2/c19-14-1-6-18(22-8-11-23-12-9-22)17(13-14)21-7-10-24-16-4-2-15(20)3-5-16/h1-6,13,21H,7-12H2. The topological polar surface area (TPSA) is 33.7 Å². The third-order valence-corrected chi connectivity index (χ3v) is 4.05. The maximum absolute atomic E-state index is 12.9. The van der Waals surface area contributed by atoms with Crippen LogP contribution in [-0.2, 0) is 4.74 Å². The second-order valence-corrected chi connectivity index (χ2v) is 5.93. The number of ether oxygens (including phenoxy) is 2. The molecule has 6 heteroatoms. The lowest BCUT2D eigenvalue weighted by Gasteiger charge is -2.30. The summed E-state index contributed by atoms with van der Waals surface area (Å²) in [6.07, 6.45) is 0. The van der Waals surface area contributed by atoms with E-state index in [9.17, 15) is 4.39 Å². The van der Waals surface area contributed by atoms with Crippen LogP contribution in [0, 0.1) is 5.82 Å². The predicted molar refractivity (Wildman–Crippen MR) is 94.9 cm³/mol. The predicted octanol–water partition coefficient (Wildman–Crippen LogP) is 3.81. The molecule has 24 heavy (non-hydrogen) atoms. The third kappa shape index (κ3) is 4.52. The van der Waals surface area contributed by atoms with Gasteiger partial charge in [-0.25, -0.2) is 4.39 Å². The van der Waals surface area contributed by atoms with Crippen LogP contribution in [0.5, 0.6) is 5.75 Å². The van der Waals surface area contributed by atoms with Gasteiger partial charge >= 0.3 is 0 Å². The summed E-state index contributed by atoms with van der Waals surface area (Å²) >= 11 is 6.13. The Hall–Kier alpha value is -1.98. The first-order valence-corrected chi connectivity index (χ1v) is 8.35. The Morgan fingerprint density at radius 1 is 1.12 bits per heavy atom. The van der Waals surface area contributed by atoms with Gasteiger partial charge in [-0.3, -0.25) is 0 Å². The van der Waals surface area contributed by atoms with Crippen molar-refractivity contribution in [3.63, 3.8) is 0 Å². The van der Waals surface area contributed by atoms with Crippen molar-refractivity contribution >= 4 is 23.0 Å². The quantitative estimate of drug-likeness (QED) is 0.803. The van der Waals surface area contributed by atoms with Gasteiger partial charge < -0.3 is 19.7 Å². The molecule has 2 aromatic carbocycles. The Morgan fingerprint density at radius 2 is 1.88 bits per heavy atom. The minimum Gasteiger partial charge on any atom is -0.492 e. The molecule has 0 amide bonds. The zero-order valence-electron chi connectivity index (χ0n) is 13.3. The average molecular weight is 351 g/mol. The lowest BCUT2D eigenvalue weighted by atomic mass is 10.2. The maximum Gasteiger partial charge on any atom is 0.123 e. The number of benzene rings is 2. The summed E-state index contributed by atoms with van der Waals surface area (Å²) in [7, 11) is 0. The Morgan fingerprint density at radius 3 is 2.62 bits per heavy atom. The van der Waals surface area contributed by atoms with Crippen molar-refractivity contribution < 1.29 is 13.9 Å². The molecule has 0 saturated carbocycles. The van der Waals surface area contributed by atoms with E-state index >= 15 is 0 Å². The highest BCUT2D eigenvalue weighted by atomic mass is 35.5. The normalized spacial score (nSPS) is 14.5. The fourth-order valence-electron chi connectivity index (χ4n) is 2.62. The number of halogens is 2. The molecule has 1 heterocycles. The fraction of sp³-hybridized carbons (Fsp3) is 0.333. The Balaban J connectivity index is 1.57. The zero-order valence-corrected chi connectivity index (χ0v) is 14.1. The van der Waals surface area contributed by atoms with Gasteiger partial charge in [0.05, 0.1) is 24.6 Å². The van der Waals surface area contributed by atoms with Gasteiger partial charge in [-0.15, -0.1) is 0 Å². The molecule has 1 aliphatic rings. The molecule has 3 rings (SSSR count). The van der Waals surface area contributed by atoms with E-state index in [1.54, 1.807) is 12.1 Å². The van der Waals surface area contributed by atoms with Gasteiger partial charge in [-0.1, -0.05) is 11.6 Å². The molecule has 0 atom stereocenters. The number of morpholine rings is 1. The van der Waals surface area contributed by atoms with E-state index in [4.69, 9.17) is 21.1 Å². The van der Waals surface area contributed by atoms with E-state index in [1.165, 1.54) is 12.1 Å². The minimum absolute atomic E-state index is 0.269. The number of hydrogen-bond donors (Lipinski definition) is 1. The maximum atomic E-state index is 12.9. The number of rotatable bonds is 6. The SMILES string of the molecule is Fc1ccc(OCCNc2cc(Cl)ccc2N2CCOCC2)cc1. The van der Waals surface area contributed by atoms with Gasteiger partial charge in [0, 0.05) is 24.7 Å². The summed E-state index contributed by atoms with van der Waals surface area (Å²) in [4.78, 5) is 2.28. The molecule has 0 unspecified atom stereocenters. The van der Waals surface area contributed by atoms with Gasteiger partial charge in [-0.2, -0.15) is 0 Å². The molecule has 1 saturated heterocycles. The monoisotopic (exact) mass is 350 g/mol. The Kier molecular flexibility index (Phi) is 5.77. The molecular weight excluding hydrogens is 331 g/mol. The summed E-state index contributed by atoms with van der Waals surface area (Å²) in [6, 6.07) is 11.8. The van der Waals surface area contributed by atoms with Crippen LogP contribution in [0.1, 0.15) is 0 Å². The van der Waals surface area contributed by atoms with Crippen LogP contribution in [-0.4, -0.2) is 39.5 Å². The number of hydrogen-bond acceptors (Lipinski definition) is 4. The van der Waals surface area contributed by atoms with Crippen molar-refractivity contribution in [1.82, 2.24) is 0 Å². The highest BCUT2D eigenvalue weighted by Crippen LogP contribution is 2.29. The van der Waals surface area contributed by atoms with Crippen LogP contribution in [0.15, 0.2) is 42.5 Å². The third-order valence-electron chi connectivity index (χ3n) is 3.81. The van der Waals surface area contributed by atoms with E-state index in [0.29, 0.717) is 23.9 Å². The number of nitrogens with zero attached hydrogens (tertiary/aromatic N) is 1. The van der Waals surface area contributed by atoms with E-state index < -0.39 is 0 Å². The highest BCUT2D eigenvalue weighted by Gasteiger charge is 2.15. The van der Waals surface area contributed by atoms with Crippen LogP contribution in [0.25, 0.3) is 0 Å². The molecule has 1 fully saturated rings. The van der Waals surface area contributed by atoms with E-state index in [0.717, 1.165) is 37.7 Å². The summed E-state index contributed by atoms with van der Waals surface area (Å²) in [5.41, 5.74) is 2.09. The average Bonchev–Trinajstić information content (AvgIpc) is 2.61. The largest absolute Gasteiger partial charge is 0.492 e. The molecule has 1 N–H and O–H groups in total. The first kappa shape index (κ1) is 16.9. The summed E-state index contributed by atoms with van der Waals surface area (Å²) in [6.45, 7) is 4.28. The van der Waals surface area contributed by atoms with Crippen molar-refractivity contribution in [3.05, 3.63) is 53.3 Å². The molecule has 4 nitrogen and oxygen atoms in total. The molecule has 0 radical (unpaired) electrons. The molecule has 0 spiro atoms. The summed E-state index contributed by atoms with van der Waals surface area (Å²) in [5.74, 6) is 0.382. The molecule has 128 valence electrons. The van der Waals surface area contributed by atoms with Crippen molar-refractivity contribution in [2.45, 2.75) is 0 Å². The van der Waals surface area contributed by atoms with Crippen LogP contribution in [0.4, 0.5) is 15.8 Å². The zero-order chi connectivity index (χ0) is 16.8. The number of nitrogens with one attached hydrogen (secondary N) is 1. The first-order chi connectivity index (χ1) is 11.7. The molecule has 1 aliphatic heterocycles. The van der Waals surface area contributed by atoms with Crippen molar-refractivity contribution in [3.8, 4) is 5.75 Å². The van der Waals surface area contributed by atoms with E-state index in [1.807, 2.05) is 18.2 Å². The summed E-state index contributed by atoms with van der Waals surface area (Å²) < 4.78 is 23.9. The molecule has 0 aromatic heterocycles. The van der Waals surface area contributed by atoms with Crippen LogP contribution < -0.4 is 15.0 Å². The highest BCUT2D eigenvalue weighted by molar-refractivity contribution is 6.31. The van der Waals surface area contributed by atoms with Crippen molar-refractivity contribution in [2.75, 3.05) is 49.7 Å². The Bertz CT molecular complexity index is 661. The van der Waals surface area contributed by atoms with Crippen molar-refractivity contribution in [1.29, 1.82) is 0 Å². The van der Waals surface area contributed by atoms with E-state index in [2.05, 4.69) is 10.2 Å². The second kappa shape index (κ2) is 8.22. The molecule has 0 bridgehead atoms. The van der Waals surface area contributed by atoms with Gasteiger partial charge in [0.1, 0.15) is 18.2 Å². The smallest absolute Gasteiger partial charge is 0.123 e. The van der Waals surface area contributed by atoms with Gasteiger partial charge in [0.25, 0.3) is 0 Å². The van der Waals surface area contributed by atoms with Crippen LogP contribution in [0.2, 0.25) is 5.02 Å². The van der Waals surface area contributed by atoms with E-state index in [-0.39, 0.29) is 5.82 Å². The lowest BCUT2D eigenvalue weighted by Crippen LogP contribution is -2.36. The minimum atomic E-state index is -0.269. The summed E-state index contributed by atoms with van der Waals surface area (Å²) in [5, 5.41) is 4.06. The van der Waals surface area contributed by atoms with Crippen LogP contribution in [0.3, 0.4) is 0 Å². The lowest BCUT2D eigenvalue weighted by molar-refractivity contribution is 0.123. The Labute approximate surface area is 146 Å². The molecular formula is C18H20ClFN2O2. The van der Waals surface area contributed by atoms with Crippen molar-refractivity contribution in [2.24, 2.45) is 0 Å². The van der Waals surface area contributed by atoms with Crippen LogP contribution >= 0.6 is 11.6 Å². The van der Waals surface area contributed by atoms with Gasteiger partial charge in [0.2, 0.25) is 0 Å². The van der Waals surface area contributed by atoms with Gasteiger partial charge in [-0.05, 0) is 42.5 Å². The fourth-order valence-corrected chi connectivity index (χ4v) is 2.79. The number of anilines is 2. The molecule has 2 aromatic rings. The first-order valence-electron chi connectivity index (χ1n) is 7.97. The van der Waals surface area contributed by atoms with Gasteiger partial charge in [0.15, 0.2) is 0 Å². The molecule has 0 aliphatic carbocycles.